The quantitative estimate of drug-likeness (QED) is 0.679. The van der Waals surface area contributed by atoms with Gasteiger partial charge in [0.25, 0.3) is 0 Å². The van der Waals surface area contributed by atoms with Crippen LogP contribution in [0.5, 0.6) is 0 Å². The second-order valence-corrected chi connectivity index (χ2v) is 5.70. The van der Waals surface area contributed by atoms with Crippen molar-refractivity contribution >= 4 is 17.6 Å². The summed E-state index contributed by atoms with van der Waals surface area (Å²) >= 11 is 0. The molecule has 0 spiro atoms. The lowest BCUT2D eigenvalue weighted by Gasteiger charge is -2.11. The largest absolute Gasteiger partial charge is 0.477 e. The van der Waals surface area contributed by atoms with Gasteiger partial charge in [-0.25, -0.2) is 14.8 Å². The van der Waals surface area contributed by atoms with Gasteiger partial charge in [0.2, 0.25) is 5.95 Å². The molecule has 0 unspecified atom stereocenters. The highest BCUT2D eigenvalue weighted by Crippen LogP contribution is 2.25. The molecule has 0 aliphatic heterocycles. The van der Waals surface area contributed by atoms with E-state index in [1.807, 2.05) is 26.0 Å². The number of carboxylic acid groups (broad SMARTS) is 1. The highest BCUT2D eigenvalue weighted by Gasteiger charge is 2.12. The number of hydrogen-bond acceptors (Lipinski definition) is 4. The molecule has 0 fully saturated rings. The molecule has 2 heterocycles. The fourth-order valence-electron chi connectivity index (χ4n) is 2.46. The summed E-state index contributed by atoms with van der Waals surface area (Å²) in [7, 11) is 0. The van der Waals surface area contributed by atoms with Gasteiger partial charge in [0, 0.05) is 23.6 Å². The van der Waals surface area contributed by atoms with Crippen LogP contribution in [0.15, 0.2) is 36.7 Å². The van der Waals surface area contributed by atoms with Gasteiger partial charge < -0.3 is 15.4 Å². The fraction of sp³-hybridized carbons (Fsp3) is 0.167. The number of anilines is 2. The van der Waals surface area contributed by atoms with Gasteiger partial charge in [-0.3, -0.25) is 0 Å². The first-order chi connectivity index (χ1) is 11.5. The zero-order valence-corrected chi connectivity index (χ0v) is 13.7. The lowest BCUT2D eigenvalue weighted by molar-refractivity contribution is 0.0691. The highest BCUT2D eigenvalue weighted by atomic mass is 16.4. The molecular weight excluding hydrogens is 304 g/mol. The Balaban J connectivity index is 1.96. The average Bonchev–Trinajstić information content (AvgIpc) is 3.03. The minimum absolute atomic E-state index is 0.132. The number of carboxylic acids is 1. The third-order valence-corrected chi connectivity index (χ3v) is 4.01. The summed E-state index contributed by atoms with van der Waals surface area (Å²) in [6.45, 7) is 5.98. The molecule has 2 aromatic heterocycles. The van der Waals surface area contributed by atoms with E-state index in [9.17, 15) is 4.79 Å². The summed E-state index contributed by atoms with van der Waals surface area (Å²) in [4.78, 5) is 22.6. The zero-order chi connectivity index (χ0) is 17.3. The van der Waals surface area contributed by atoms with Crippen LogP contribution in [0, 0.1) is 20.8 Å². The number of H-pyrrole nitrogens is 1. The molecule has 6 heteroatoms. The number of aromatic carboxylic acids is 1. The molecule has 0 bridgehead atoms. The van der Waals surface area contributed by atoms with Crippen molar-refractivity contribution in [1.29, 1.82) is 0 Å². The first-order valence-electron chi connectivity index (χ1n) is 7.54. The van der Waals surface area contributed by atoms with Gasteiger partial charge in [0.15, 0.2) is 0 Å². The van der Waals surface area contributed by atoms with Crippen LogP contribution in [-0.4, -0.2) is 26.0 Å². The van der Waals surface area contributed by atoms with Crippen molar-refractivity contribution in [3.63, 3.8) is 0 Å². The summed E-state index contributed by atoms with van der Waals surface area (Å²) < 4.78 is 0. The molecule has 3 N–H and O–H groups in total. The van der Waals surface area contributed by atoms with E-state index in [-0.39, 0.29) is 5.69 Å². The maximum absolute atomic E-state index is 11.0. The molecule has 0 saturated carbocycles. The van der Waals surface area contributed by atoms with Crippen LogP contribution in [-0.2, 0) is 0 Å². The van der Waals surface area contributed by atoms with Gasteiger partial charge in [-0.2, -0.15) is 0 Å². The molecule has 6 nitrogen and oxygen atoms in total. The summed E-state index contributed by atoms with van der Waals surface area (Å²) in [5.74, 6) is -0.524. The average molecular weight is 322 g/mol. The molecular formula is C18H18N4O2. The van der Waals surface area contributed by atoms with Crippen molar-refractivity contribution in [1.82, 2.24) is 15.0 Å². The molecule has 122 valence electrons. The van der Waals surface area contributed by atoms with Gasteiger partial charge in [-0.05, 0) is 49.6 Å². The Kier molecular flexibility index (Phi) is 4.04. The predicted molar refractivity (Wildman–Crippen MR) is 92.7 cm³/mol. The van der Waals surface area contributed by atoms with Crippen LogP contribution >= 0.6 is 0 Å². The van der Waals surface area contributed by atoms with E-state index in [0.717, 1.165) is 22.4 Å². The number of benzene rings is 1. The first-order valence-corrected chi connectivity index (χ1v) is 7.54. The van der Waals surface area contributed by atoms with E-state index >= 15 is 0 Å². The monoisotopic (exact) mass is 322 g/mol. The zero-order valence-electron chi connectivity index (χ0n) is 13.7. The third kappa shape index (κ3) is 2.99. The van der Waals surface area contributed by atoms with Crippen LogP contribution in [0.2, 0.25) is 0 Å². The first kappa shape index (κ1) is 15.7. The van der Waals surface area contributed by atoms with Gasteiger partial charge in [0.1, 0.15) is 5.69 Å². The number of nitrogens with one attached hydrogen (secondary N) is 2. The Labute approximate surface area is 139 Å². The van der Waals surface area contributed by atoms with E-state index < -0.39 is 5.97 Å². The normalized spacial score (nSPS) is 10.6. The Bertz CT molecular complexity index is 915. The van der Waals surface area contributed by atoms with Crippen LogP contribution in [0.3, 0.4) is 0 Å². The van der Waals surface area contributed by atoms with E-state index in [2.05, 4.69) is 33.3 Å². The molecule has 0 aliphatic carbocycles. The van der Waals surface area contributed by atoms with Crippen molar-refractivity contribution in [3.8, 4) is 11.3 Å². The van der Waals surface area contributed by atoms with Gasteiger partial charge in [-0.15, -0.1) is 0 Å². The molecule has 0 saturated heterocycles. The van der Waals surface area contributed by atoms with Crippen molar-refractivity contribution in [2.45, 2.75) is 20.8 Å². The second-order valence-electron chi connectivity index (χ2n) is 5.70. The number of carbonyl (C=O) groups is 1. The smallest absolute Gasteiger partial charge is 0.352 e. The maximum Gasteiger partial charge on any atom is 0.352 e. The minimum Gasteiger partial charge on any atom is -0.477 e. The number of nitrogens with zero attached hydrogens (tertiary/aromatic N) is 2. The lowest BCUT2D eigenvalue weighted by Crippen LogP contribution is -2.01. The molecule has 3 aromatic rings. The number of hydrogen-bond donors (Lipinski definition) is 3. The number of aromatic amines is 1. The van der Waals surface area contributed by atoms with Crippen LogP contribution in [0.25, 0.3) is 11.3 Å². The van der Waals surface area contributed by atoms with Crippen molar-refractivity contribution in [2.24, 2.45) is 0 Å². The lowest BCUT2D eigenvalue weighted by atomic mass is 10.1. The number of rotatable bonds is 4. The van der Waals surface area contributed by atoms with E-state index in [1.165, 1.54) is 5.56 Å². The van der Waals surface area contributed by atoms with Crippen molar-refractivity contribution < 1.29 is 9.90 Å². The molecule has 0 atom stereocenters. The van der Waals surface area contributed by atoms with Crippen LogP contribution in [0.1, 0.15) is 27.2 Å². The van der Waals surface area contributed by atoms with Crippen LogP contribution < -0.4 is 5.32 Å². The van der Waals surface area contributed by atoms with Gasteiger partial charge >= 0.3 is 5.97 Å². The Morgan fingerprint density at radius 3 is 2.71 bits per heavy atom. The molecule has 0 aliphatic rings. The Morgan fingerprint density at radius 1 is 1.21 bits per heavy atom. The number of aromatic nitrogens is 3. The van der Waals surface area contributed by atoms with Gasteiger partial charge in [-0.1, -0.05) is 12.1 Å². The second kappa shape index (κ2) is 6.16. The standard InChI is InChI=1S/C18H18N4O2/c1-10-5-4-6-14(12(10)3)21-18-20-8-11(2)16(22-18)13-7-15(17(23)24)19-9-13/h4-9,19H,1-3H3,(H,23,24)(H,20,21,22). The Hall–Kier alpha value is -3.15. The van der Waals surface area contributed by atoms with Crippen molar-refractivity contribution in [2.75, 3.05) is 5.32 Å². The minimum atomic E-state index is -0.998. The molecule has 0 amide bonds. The van der Waals surface area contributed by atoms with Crippen molar-refractivity contribution in [3.05, 3.63) is 59.0 Å². The summed E-state index contributed by atoms with van der Waals surface area (Å²) in [6.07, 6.45) is 3.36. The molecule has 3 rings (SSSR count). The molecule has 1 aromatic carbocycles. The topological polar surface area (TPSA) is 90.9 Å². The maximum atomic E-state index is 11.0. The van der Waals surface area contributed by atoms with E-state index in [1.54, 1.807) is 18.5 Å². The summed E-state index contributed by atoms with van der Waals surface area (Å²) in [5.41, 5.74) is 5.69. The SMILES string of the molecule is Cc1cnc(Nc2cccc(C)c2C)nc1-c1c[nH]c(C(=O)O)c1. The Morgan fingerprint density at radius 2 is 2.00 bits per heavy atom. The predicted octanol–water partition coefficient (Wildman–Crippen LogP) is 3.84. The summed E-state index contributed by atoms with van der Waals surface area (Å²) in [5, 5.41) is 12.3. The molecule has 24 heavy (non-hydrogen) atoms. The summed E-state index contributed by atoms with van der Waals surface area (Å²) in [6, 6.07) is 7.57. The fourth-order valence-corrected chi connectivity index (χ4v) is 2.46. The number of aryl methyl sites for hydroxylation is 2. The van der Waals surface area contributed by atoms with Crippen LogP contribution in [0.4, 0.5) is 11.6 Å². The third-order valence-electron chi connectivity index (χ3n) is 4.01. The van der Waals surface area contributed by atoms with E-state index in [0.29, 0.717) is 11.6 Å². The van der Waals surface area contributed by atoms with Gasteiger partial charge in [0.05, 0.1) is 5.69 Å². The molecule has 0 radical (unpaired) electrons. The highest BCUT2D eigenvalue weighted by molar-refractivity contribution is 5.87. The van der Waals surface area contributed by atoms with E-state index in [4.69, 9.17) is 5.11 Å².